The lowest BCUT2D eigenvalue weighted by Gasteiger charge is -2.10. The number of rotatable bonds is 6. The molecule has 0 radical (unpaired) electrons. The average Bonchev–Trinajstić information content (AvgIpc) is 2.62. The zero-order valence-corrected chi connectivity index (χ0v) is 12.5. The smallest absolute Gasteiger partial charge is 0.327 e. The minimum atomic E-state index is -0.382. The molecule has 7 nitrogen and oxygen atoms in total. The van der Waals surface area contributed by atoms with Gasteiger partial charge in [-0.25, -0.2) is 0 Å². The Balaban J connectivity index is 2.34. The largest absolute Gasteiger partial charge is 0.464 e. The van der Waals surface area contributed by atoms with Crippen LogP contribution in [-0.4, -0.2) is 47.3 Å². The normalized spacial score (nSPS) is 10.4. The van der Waals surface area contributed by atoms with Crippen LogP contribution in [0.2, 0.25) is 0 Å². The molecule has 1 aromatic heterocycles. The molecule has 0 spiro atoms. The highest BCUT2D eigenvalue weighted by molar-refractivity contribution is 5.75. The molecule has 0 aliphatic heterocycles. The molecule has 0 unspecified atom stereocenters. The van der Waals surface area contributed by atoms with E-state index in [0.29, 0.717) is 24.2 Å². The molecule has 1 rings (SSSR count). The van der Waals surface area contributed by atoms with E-state index in [9.17, 15) is 9.59 Å². The molecule has 0 bridgehead atoms. The Morgan fingerprint density at radius 2 is 2.00 bits per heavy atom. The van der Waals surface area contributed by atoms with Crippen molar-refractivity contribution in [1.29, 1.82) is 0 Å². The number of amides is 1. The molecule has 0 aliphatic carbocycles. The molecule has 0 saturated carbocycles. The Bertz CT molecular complexity index is 494. The monoisotopic (exact) mass is 282 g/mol. The number of aryl methyl sites for hydroxylation is 1. The van der Waals surface area contributed by atoms with Gasteiger partial charge in [-0.2, -0.15) is 5.10 Å². The van der Waals surface area contributed by atoms with Crippen LogP contribution in [0.1, 0.15) is 24.2 Å². The zero-order chi connectivity index (χ0) is 15.3. The molecular formula is C13H22N4O3. The summed E-state index contributed by atoms with van der Waals surface area (Å²) in [7, 11) is 3.39. The number of anilines is 1. The van der Waals surface area contributed by atoms with Gasteiger partial charge in [0, 0.05) is 20.5 Å². The summed E-state index contributed by atoms with van der Waals surface area (Å²) in [6, 6.07) is 0. The van der Waals surface area contributed by atoms with E-state index in [1.165, 1.54) is 9.58 Å². The first-order chi connectivity index (χ1) is 9.32. The third kappa shape index (κ3) is 4.25. The number of nitrogens with zero attached hydrogens (tertiary/aromatic N) is 3. The summed E-state index contributed by atoms with van der Waals surface area (Å²) in [5, 5.41) is 4.16. The summed E-state index contributed by atoms with van der Waals surface area (Å²) in [6.45, 7) is 3.86. The number of nitrogen functional groups attached to an aromatic ring is 1. The maximum atomic E-state index is 11.6. The third-order valence-electron chi connectivity index (χ3n) is 3.01. The summed E-state index contributed by atoms with van der Waals surface area (Å²) in [5.74, 6) is -0.361. The summed E-state index contributed by atoms with van der Waals surface area (Å²) in [4.78, 5) is 24.5. The Morgan fingerprint density at radius 1 is 1.35 bits per heavy atom. The van der Waals surface area contributed by atoms with Crippen LogP contribution in [0.4, 0.5) is 5.69 Å². The van der Waals surface area contributed by atoms with Gasteiger partial charge >= 0.3 is 5.97 Å². The van der Waals surface area contributed by atoms with Crippen LogP contribution in [0.15, 0.2) is 0 Å². The van der Waals surface area contributed by atoms with Crippen LogP contribution < -0.4 is 5.73 Å². The Kier molecular flexibility index (Phi) is 5.54. The van der Waals surface area contributed by atoms with Crippen molar-refractivity contribution in [1.82, 2.24) is 14.7 Å². The van der Waals surface area contributed by atoms with E-state index >= 15 is 0 Å². The second-order valence-corrected chi connectivity index (χ2v) is 4.85. The van der Waals surface area contributed by atoms with E-state index in [0.717, 1.165) is 5.69 Å². The predicted octanol–water partition coefficient (Wildman–Crippen LogP) is 0.494. The molecule has 112 valence electrons. The van der Waals surface area contributed by atoms with Crippen molar-refractivity contribution in [3.63, 3.8) is 0 Å². The summed E-state index contributed by atoms with van der Waals surface area (Å²) >= 11 is 0. The topological polar surface area (TPSA) is 90.5 Å². The van der Waals surface area contributed by atoms with Gasteiger partial charge < -0.3 is 15.4 Å². The van der Waals surface area contributed by atoms with Crippen molar-refractivity contribution < 1.29 is 14.3 Å². The van der Waals surface area contributed by atoms with Gasteiger partial charge in [0.05, 0.1) is 23.7 Å². The number of ether oxygens (including phenoxy) is 1. The van der Waals surface area contributed by atoms with Gasteiger partial charge in [-0.3, -0.25) is 14.3 Å². The van der Waals surface area contributed by atoms with Gasteiger partial charge in [0.25, 0.3) is 0 Å². The maximum Gasteiger partial charge on any atom is 0.327 e. The highest BCUT2D eigenvalue weighted by Crippen LogP contribution is 2.14. The number of hydrogen-bond acceptors (Lipinski definition) is 5. The predicted molar refractivity (Wildman–Crippen MR) is 75.0 cm³/mol. The number of carbonyl (C=O) groups excluding carboxylic acids is 2. The second-order valence-electron chi connectivity index (χ2n) is 4.85. The van der Waals surface area contributed by atoms with Crippen LogP contribution in [0.25, 0.3) is 0 Å². The molecule has 1 amide bonds. The molecule has 1 aromatic rings. The van der Waals surface area contributed by atoms with E-state index in [4.69, 9.17) is 10.5 Å². The van der Waals surface area contributed by atoms with E-state index in [1.807, 2.05) is 0 Å². The molecular weight excluding hydrogens is 260 g/mol. The molecule has 1 heterocycles. The maximum absolute atomic E-state index is 11.6. The molecule has 0 aromatic carbocycles. The minimum absolute atomic E-state index is 0.0207. The van der Waals surface area contributed by atoms with E-state index in [2.05, 4.69) is 5.10 Å². The molecule has 0 saturated heterocycles. The molecule has 7 heteroatoms. The molecule has 0 aliphatic rings. The van der Waals surface area contributed by atoms with Crippen LogP contribution >= 0.6 is 0 Å². The van der Waals surface area contributed by atoms with Gasteiger partial charge in [0.1, 0.15) is 6.54 Å². The minimum Gasteiger partial charge on any atom is -0.464 e. The number of carbonyl (C=O) groups is 2. The van der Waals surface area contributed by atoms with Gasteiger partial charge in [0.15, 0.2) is 0 Å². The van der Waals surface area contributed by atoms with Crippen LogP contribution in [-0.2, 0) is 20.9 Å². The quantitative estimate of drug-likeness (QED) is 0.606. The van der Waals surface area contributed by atoms with Crippen LogP contribution in [0.5, 0.6) is 0 Å². The lowest BCUT2D eigenvalue weighted by molar-refractivity contribution is -0.145. The fraction of sp³-hybridized carbons (Fsp3) is 0.615. The standard InChI is InChI=1S/C13H22N4O3/c1-9-13(14)10(2)17(15-9)8-12(19)20-7-5-6-11(18)16(3)4/h5-8,14H2,1-4H3. The van der Waals surface area contributed by atoms with Crippen molar-refractivity contribution in [2.75, 3.05) is 26.4 Å². The van der Waals surface area contributed by atoms with E-state index in [1.54, 1.807) is 27.9 Å². The van der Waals surface area contributed by atoms with Gasteiger partial charge in [0.2, 0.25) is 5.91 Å². The second kappa shape index (κ2) is 6.93. The molecule has 20 heavy (non-hydrogen) atoms. The van der Waals surface area contributed by atoms with Gasteiger partial charge in [-0.15, -0.1) is 0 Å². The average molecular weight is 282 g/mol. The van der Waals surface area contributed by atoms with E-state index in [-0.39, 0.29) is 25.0 Å². The Hall–Kier alpha value is -2.05. The van der Waals surface area contributed by atoms with Crippen LogP contribution in [0.3, 0.4) is 0 Å². The molecule has 2 N–H and O–H groups in total. The number of esters is 1. The SMILES string of the molecule is Cc1nn(CC(=O)OCCCC(=O)N(C)C)c(C)c1N. The Morgan fingerprint density at radius 3 is 2.50 bits per heavy atom. The fourth-order valence-electron chi connectivity index (χ4n) is 1.67. The lowest BCUT2D eigenvalue weighted by Crippen LogP contribution is -2.22. The van der Waals surface area contributed by atoms with Crippen LogP contribution in [0, 0.1) is 13.8 Å². The van der Waals surface area contributed by atoms with Gasteiger partial charge in [-0.1, -0.05) is 0 Å². The first kappa shape index (κ1) is 16.0. The zero-order valence-electron chi connectivity index (χ0n) is 12.5. The first-order valence-corrected chi connectivity index (χ1v) is 6.48. The first-order valence-electron chi connectivity index (χ1n) is 6.48. The summed E-state index contributed by atoms with van der Waals surface area (Å²) in [6.07, 6.45) is 0.884. The fourth-order valence-corrected chi connectivity index (χ4v) is 1.67. The van der Waals surface area contributed by atoms with Crippen molar-refractivity contribution >= 4 is 17.6 Å². The van der Waals surface area contributed by atoms with Gasteiger partial charge in [-0.05, 0) is 20.3 Å². The molecule has 0 atom stereocenters. The Labute approximate surface area is 118 Å². The highest BCUT2D eigenvalue weighted by atomic mass is 16.5. The molecule has 0 fully saturated rings. The lowest BCUT2D eigenvalue weighted by atomic mass is 10.3. The van der Waals surface area contributed by atoms with Crippen molar-refractivity contribution in [3.8, 4) is 0 Å². The van der Waals surface area contributed by atoms with Crippen molar-refractivity contribution in [2.45, 2.75) is 33.2 Å². The summed E-state index contributed by atoms with van der Waals surface area (Å²) in [5.41, 5.74) is 7.83. The van der Waals surface area contributed by atoms with Crippen molar-refractivity contribution in [2.24, 2.45) is 0 Å². The number of aromatic nitrogens is 2. The number of nitrogens with two attached hydrogens (primary N) is 1. The highest BCUT2D eigenvalue weighted by Gasteiger charge is 2.12. The van der Waals surface area contributed by atoms with Crippen molar-refractivity contribution in [3.05, 3.63) is 11.4 Å². The summed E-state index contributed by atoms with van der Waals surface area (Å²) < 4.78 is 6.59. The number of hydrogen-bond donors (Lipinski definition) is 1. The third-order valence-corrected chi connectivity index (χ3v) is 3.01. The van der Waals surface area contributed by atoms with E-state index < -0.39 is 0 Å².